The molecule has 20 N–H and O–H groups in total. The Bertz CT molecular complexity index is 4080. The average Bonchev–Trinajstić information content (AvgIpc) is 0.784. The van der Waals surface area contributed by atoms with Gasteiger partial charge in [0.05, 0.1) is 29.1 Å². The molecule has 14 atom stereocenters. The first-order chi connectivity index (χ1) is 47.5. The summed E-state index contributed by atoms with van der Waals surface area (Å²) in [6.07, 6.45) is -10.4. The molecule has 32 heteroatoms. The quantitative estimate of drug-likeness (QED) is 0.0890. The Labute approximate surface area is 580 Å². The molecule has 532 valence electrons. The number of phenols is 3. The van der Waals surface area contributed by atoms with Gasteiger partial charge in [0.2, 0.25) is 59.3 Å². The number of ether oxygens (including phenoxy) is 4. The van der Waals surface area contributed by atoms with Crippen LogP contribution in [0.15, 0.2) is 78.9 Å². The number of benzene rings is 5. The number of primary amides is 1. The van der Waals surface area contributed by atoms with Gasteiger partial charge in [-0.05, 0) is 151 Å². The van der Waals surface area contributed by atoms with E-state index in [0.717, 1.165) is 86.7 Å². The van der Waals surface area contributed by atoms with E-state index < -0.39 is 186 Å². The fourth-order valence-electron chi connectivity index (χ4n) is 14.9. The van der Waals surface area contributed by atoms with Gasteiger partial charge in [0.25, 0.3) is 0 Å². The minimum atomic E-state index is -2.30. The van der Waals surface area contributed by atoms with Crippen molar-refractivity contribution in [2.75, 3.05) is 6.61 Å². The van der Waals surface area contributed by atoms with Gasteiger partial charge in [-0.15, -0.1) is 0 Å². The van der Waals surface area contributed by atoms with Crippen LogP contribution in [0.5, 0.6) is 46.0 Å². The summed E-state index contributed by atoms with van der Waals surface area (Å²) in [5, 5.41) is 121. The first kappa shape index (κ1) is 70.8. The molecular formula is C68H75Cl2N9O21. The zero-order valence-corrected chi connectivity index (χ0v) is 55.1. The van der Waals surface area contributed by atoms with Crippen molar-refractivity contribution in [2.24, 2.45) is 41.1 Å². The summed E-state index contributed by atoms with van der Waals surface area (Å²) in [6.45, 7) is 2.60. The zero-order chi connectivity index (χ0) is 71.6. The van der Waals surface area contributed by atoms with E-state index in [2.05, 4.69) is 37.2 Å². The van der Waals surface area contributed by atoms with Gasteiger partial charge in [-0.1, -0.05) is 55.2 Å². The molecule has 10 aliphatic rings. The SMILES string of the molecule is CC(C)C[C@@H](N)C(=O)N[C@H]1C(=O)N[C@@H](CC(N)=O)C(=O)N[C@H]2C(=O)N[C@H]3C(=O)N[C@@H](C(=O)N[C@H](C(=O)NC4C5CC6CC(C5)CC4C6)c4cc(O)cc(O)c4-c4cc3ccc4O)[C@H](O)c3ccc(c(Cl)c3)Oc3cc2cc(c3OC2OC(CO)C(O)C(O)C2O)Oc2ccc(cc2Cl)[C@H]1O. The number of halogens is 2. The molecule has 4 aliphatic carbocycles. The summed E-state index contributed by atoms with van der Waals surface area (Å²) in [6, 6.07) is 0.154. The third kappa shape index (κ3) is 14.2. The molecule has 5 aromatic rings. The molecule has 5 unspecified atom stereocenters. The molecule has 5 aromatic carbocycles. The Morgan fingerprint density at radius 3 is 1.82 bits per heavy atom. The molecule has 5 fully saturated rings. The van der Waals surface area contributed by atoms with Crippen molar-refractivity contribution < 1.29 is 103 Å². The molecular weight excluding hydrogens is 1350 g/mol. The van der Waals surface area contributed by atoms with Gasteiger partial charge in [-0.3, -0.25) is 38.4 Å². The van der Waals surface area contributed by atoms with Crippen molar-refractivity contribution >= 4 is 70.5 Å². The molecule has 4 saturated carbocycles. The number of nitrogens with two attached hydrogens (primary N) is 2. The van der Waals surface area contributed by atoms with Crippen LogP contribution < -0.4 is 62.9 Å². The molecule has 100 heavy (non-hydrogen) atoms. The van der Waals surface area contributed by atoms with Crippen LogP contribution in [0.2, 0.25) is 10.0 Å². The summed E-state index contributed by atoms with van der Waals surface area (Å²) in [7, 11) is 0. The Morgan fingerprint density at radius 1 is 0.630 bits per heavy atom. The van der Waals surface area contributed by atoms with Gasteiger partial charge in [-0.25, -0.2) is 0 Å². The minimum absolute atomic E-state index is 0.0858. The number of carbonyl (C=O) groups excluding carboxylic acids is 8. The lowest BCUT2D eigenvalue weighted by Crippen LogP contribution is -2.60. The van der Waals surface area contributed by atoms with Crippen LogP contribution in [0.25, 0.3) is 11.1 Å². The third-order valence-corrected chi connectivity index (χ3v) is 20.2. The van der Waals surface area contributed by atoms with Crippen molar-refractivity contribution in [3.8, 4) is 57.1 Å². The van der Waals surface area contributed by atoms with Crippen LogP contribution in [0.1, 0.15) is 117 Å². The Hall–Kier alpha value is -9.08. The highest BCUT2D eigenvalue weighted by atomic mass is 35.5. The number of phenolic OH excluding ortho intramolecular Hbond substituents is 3. The second kappa shape index (κ2) is 28.5. The van der Waals surface area contributed by atoms with Gasteiger partial charge in [0.15, 0.2) is 11.5 Å². The molecule has 6 aliphatic heterocycles. The van der Waals surface area contributed by atoms with Gasteiger partial charge >= 0.3 is 0 Å². The zero-order valence-electron chi connectivity index (χ0n) is 53.5. The molecule has 6 heterocycles. The smallest absolute Gasteiger partial charge is 0.248 e. The second-order valence-corrected chi connectivity index (χ2v) is 27.9. The maximum absolute atomic E-state index is 16.0. The molecule has 0 spiro atoms. The topological polar surface area (TPSA) is 492 Å². The Morgan fingerprint density at radius 2 is 1.22 bits per heavy atom. The number of rotatable bonds is 11. The molecule has 8 amide bonds. The summed E-state index contributed by atoms with van der Waals surface area (Å²) in [4.78, 5) is 119. The van der Waals surface area contributed by atoms with Gasteiger partial charge in [0.1, 0.15) is 102 Å². The van der Waals surface area contributed by atoms with Crippen molar-refractivity contribution in [1.29, 1.82) is 0 Å². The minimum Gasteiger partial charge on any atom is -0.508 e. The van der Waals surface area contributed by atoms with Crippen LogP contribution in [-0.4, -0.2) is 161 Å². The van der Waals surface area contributed by atoms with E-state index in [1.165, 1.54) is 24.3 Å². The fourth-order valence-corrected chi connectivity index (χ4v) is 15.4. The first-order valence-electron chi connectivity index (χ1n) is 32.5. The molecule has 15 bridgehead atoms. The van der Waals surface area contributed by atoms with Gasteiger partial charge < -0.3 is 114 Å². The van der Waals surface area contributed by atoms with Crippen LogP contribution >= 0.6 is 23.2 Å². The number of aliphatic hydroxyl groups is 6. The van der Waals surface area contributed by atoms with Crippen molar-refractivity contribution in [1.82, 2.24) is 37.2 Å². The van der Waals surface area contributed by atoms with E-state index >= 15 is 24.0 Å². The van der Waals surface area contributed by atoms with Crippen molar-refractivity contribution in [3.05, 3.63) is 117 Å². The summed E-state index contributed by atoms with van der Waals surface area (Å²) < 4.78 is 25.1. The Kier molecular flexibility index (Phi) is 20.2. The highest BCUT2D eigenvalue weighted by molar-refractivity contribution is 6.32. The van der Waals surface area contributed by atoms with Crippen LogP contribution in [0.3, 0.4) is 0 Å². The first-order valence-corrected chi connectivity index (χ1v) is 33.3. The summed E-state index contributed by atoms with van der Waals surface area (Å²) >= 11 is 14.0. The number of aliphatic hydroxyl groups excluding tert-OH is 6. The van der Waals surface area contributed by atoms with Gasteiger partial charge in [0, 0.05) is 23.2 Å². The predicted molar refractivity (Wildman–Crippen MR) is 349 cm³/mol. The summed E-state index contributed by atoms with van der Waals surface area (Å²) in [5.41, 5.74) is 9.91. The van der Waals surface area contributed by atoms with E-state index in [1.807, 2.05) is 0 Å². The molecule has 0 radical (unpaired) electrons. The van der Waals surface area contributed by atoms with E-state index in [0.29, 0.717) is 11.8 Å². The van der Waals surface area contributed by atoms with Crippen molar-refractivity contribution in [3.63, 3.8) is 0 Å². The second-order valence-electron chi connectivity index (χ2n) is 27.1. The Balaban J connectivity index is 1.06. The van der Waals surface area contributed by atoms with E-state index in [-0.39, 0.29) is 85.1 Å². The maximum atomic E-state index is 16.0. The number of amides is 8. The van der Waals surface area contributed by atoms with Crippen LogP contribution in [0.4, 0.5) is 0 Å². The number of fused-ring (bicyclic) bond motifs is 15. The normalized spacial score (nSPS) is 30.4. The lowest BCUT2D eigenvalue weighted by atomic mass is 9.54. The highest BCUT2D eigenvalue weighted by Crippen LogP contribution is 2.55. The number of carbonyl (C=O) groups is 8. The number of hydrogen-bond acceptors (Lipinski definition) is 22. The molecule has 15 rings (SSSR count). The number of hydrogen-bond donors (Lipinski definition) is 18. The largest absolute Gasteiger partial charge is 0.508 e. The van der Waals surface area contributed by atoms with Gasteiger partial charge in [-0.2, -0.15) is 0 Å². The van der Waals surface area contributed by atoms with Crippen LogP contribution in [0, 0.1) is 29.6 Å². The number of nitrogens with one attached hydrogen (secondary N) is 7. The van der Waals surface area contributed by atoms with Crippen LogP contribution in [-0.2, 0) is 43.1 Å². The predicted octanol–water partition coefficient (Wildman–Crippen LogP) is 1.46. The number of aromatic hydroxyl groups is 3. The van der Waals surface area contributed by atoms with E-state index in [1.54, 1.807) is 13.8 Å². The van der Waals surface area contributed by atoms with Crippen molar-refractivity contribution in [2.45, 2.75) is 150 Å². The average molecular weight is 1430 g/mol. The third-order valence-electron chi connectivity index (χ3n) is 19.6. The van der Waals surface area contributed by atoms with E-state index in [9.17, 15) is 60.3 Å². The molecule has 30 nitrogen and oxygen atoms in total. The standard InChI is InChI=1S/C68H75Cl2N9O21/c1-24(2)9-38(71)61(90)78-53-55(85)28-4-7-42(36(69)16-28)97-44-18-32-19-45(60(44)100-68-59(89)58(88)57(87)46(23-80)99-68)98-43-8-5-29(17-37(43)70)56(86)54-67(96)77-52(65(94)74-49-30-11-25-10-26(13-30)14-31(49)12-25)35-20-33(81)21-41(83)48(35)34-15-27(3-6-40(34)82)50(63(92)79-54)76-64(93)51(32)75-62(91)39(22-47(72)84)73-66(53)95/h3-8,15-21,24-26,30-31,38-39,46,49-59,68,80-83,85-89H,9-14,22-23,71H2,1-2H3,(H2,72,84)(H,73,95)(H,74,94)(H,75,91)(H,76,93)(H,77,96)(H,78,90)(H,79,92)/t25?,26?,30?,31?,38-,39+,46?,49?,50-,51-,52+,53-,54-,55-,56-,57?,58?,59?,68?/m1/s1. The lowest BCUT2D eigenvalue weighted by molar-refractivity contribution is -0.277. The summed E-state index contributed by atoms with van der Waals surface area (Å²) in [5.74, 6) is -13.2. The maximum Gasteiger partial charge on any atom is 0.248 e. The van der Waals surface area contributed by atoms with E-state index in [4.69, 9.17) is 53.6 Å². The molecule has 0 aromatic heterocycles. The highest BCUT2D eigenvalue weighted by Gasteiger charge is 2.51. The fraction of sp³-hybridized carbons (Fsp3) is 0.441. The lowest BCUT2D eigenvalue weighted by Gasteiger charge is -2.54. The monoisotopic (exact) mass is 1420 g/mol. The molecule has 1 saturated heterocycles.